The average molecular weight is 273 g/mol. The molecule has 0 amide bonds. The quantitative estimate of drug-likeness (QED) is 0.814. The number of benzene rings is 1. The second kappa shape index (κ2) is 5.21. The SMILES string of the molecule is O=C(c1ccc(C(F)(F)F)cc1O)C1CCCNC1. The fraction of sp³-hybridized carbons (Fsp3) is 0.462. The Balaban J connectivity index is 2.23. The molecule has 0 aliphatic carbocycles. The van der Waals surface area contributed by atoms with E-state index in [1.54, 1.807) is 0 Å². The molecule has 0 aromatic heterocycles. The highest BCUT2D eigenvalue weighted by molar-refractivity contribution is 6.00. The number of phenols is 1. The summed E-state index contributed by atoms with van der Waals surface area (Å²) < 4.78 is 37.3. The van der Waals surface area contributed by atoms with Crippen molar-refractivity contribution < 1.29 is 23.1 Å². The minimum Gasteiger partial charge on any atom is -0.507 e. The third-order valence-corrected chi connectivity index (χ3v) is 3.26. The maximum Gasteiger partial charge on any atom is 0.416 e. The average Bonchev–Trinajstić information content (AvgIpc) is 2.38. The van der Waals surface area contributed by atoms with Gasteiger partial charge in [-0.25, -0.2) is 0 Å². The van der Waals surface area contributed by atoms with Crippen molar-refractivity contribution in [3.05, 3.63) is 29.3 Å². The van der Waals surface area contributed by atoms with Crippen LogP contribution in [0.3, 0.4) is 0 Å². The third-order valence-electron chi connectivity index (χ3n) is 3.26. The first-order chi connectivity index (χ1) is 8.89. The molecule has 0 bridgehead atoms. The lowest BCUT2D eigenvalue weighted by molar-refractivity contribution is -0.137. The number of rotatable bonds is 2. The summed E-state index contributed by atoms with van der Waals surface area (Å²) in [5, 5.41) is 12.7. The number of nitrogens with one attached hydrogen (secondary N) is 1. The van der Waals surface area contributed by atoms with Crippen LogP contribution in [0, 0.1) is 5.92 Å². The number of ketones is 1. The number of piperidine rings is 1. The molecule has 1 unspecified atom stereocenters. The Kier molecular flexibility index (Phi) is 3.80. The molecule has 1 aliphatic heterocycles. The zero-order valence-electron chi connectivity index (χ0n) is 10.1. The van der Waals surface area contributed by atoms with E-state index in [9.17, 15) is 23.1 Å². The van der Waals surface area contributed by atoms with Crippen LogP contribution < -0.4 is 5.32 Å². The molecule has 3 nitrogen and oxygen atoms in total. The number of aromatic hydroxyl groups is 1. The maximum atomic E-state index is 12.4. The number of Topliss-reactive ketones (excluding diaryl/α,β-unsaturated/α-hetero) is 1. The van der Waals surface area contributed by atoms with Crippen molar-refractivity contribution in [2.24, 2.45) is 5.92 Å². The van der Waals surface area contributed by atoms with Crippen LogP contribution in [-0.4, -0.2) is 24.0 Å². The maximum absolute atomic E-state index is 12.4. The summed E-state index contributed by atoms with van der Waals surface area (Å²) >= 11 is 0. The number of halogens is 3. The lowest BCUT2D eigenvalue weighted by atomic mass is 9.90. The summed E-state index contributed by atoms with van der Waals surface area (Å²) in [7, 11) is 0. The van der Waals surface area contributed by atoms with Crippen LogP contribution >= 0.6 is 0 Å². The fourth-order valence-electron chi connectivity index (χ4n) is 2.21. The Morgan fingerprint density at radius 2 is 2.11 bits per heavy atom. The van der Waals surface area contributed by atoms with Crippen molar-refractivity contribution >= 4 is 5.78 Å². The summed E-state index contributed by atoms with van der Waals surface area (Å²) in [4.78, 5) is 12.1. The molecular formula is C13H14F3NO2. The van der Waals surface area contributed by atoms with Crippen molar-refractivity contribution in [2.75, 3.05) is 13.1 Å². The van der Waals surface area contributed by atoms with Gasteiger partial charge in [-0.3, -0.25) is 4.79 Å². The van der Waals surface area contributed by atoms with Crippen LogP contribution in [0.4, 0.5) is 13.2 Å². The second-order valence-electron chi connectivity index (χ2n) is 4.64. The van der Waals surface area contributed by atoms with Gasteiger partial charge in [0.1, 0.15) is 5.75 Å². The molecule has 0 spiro atoms. The monoisotopic (exact) mass is 273 g/mol. The predicted octanol–water partition coefficient (Wildman–Crippen LogP) is 2.59. The Labute approximate surface area is 108 Å². The molecular weight excluding hydrogens is 259 g/mol. The van der Waals surface area contributed by atoms with E-state index in [1.165, 1.54) is 0 Å². The summed E-state index contributed by atoms with van der Waals surface area (Å²) in [5.74, 6) is -1.19. The smallest absolute Gasteiger partial charge is 0.416 e. The van der Waals surface area contributed by atoms with Crippen LogP contribution in [0.5, 0.6) is 5.75 Å². The number of hydrogen-bond acceptors (Lipinski definition) is 3. The van der Waals surface area contributed by atoms with E-state index >= 15 is 0 Å². The Morgan fingerprint density at radius 3 is 2.63 bits per heavy atom. The Bertz CT molecular complexity index is 479. The van der Waals surface area contributed by atoms with Gasteiger partial charge < -0.3 is 10.4 Å². The van der Waals surface area contributed by atoms with E-state index in [0.717, 1.165) is 25.1 Å². The first-order valence-corrected chi connectivity index (χ1v) is 6.04. The molecule has 0 radical (unpaired) electrons. The van der Waals surface area contributed by atoms with Crippen LogP contribution in [0.1, 0.15) is 28.8 Å². The normalized spacial score (nSPS) is 20.3. The van der Waals surface area contributed by atoms with Gasteiger partial charge in [-0.15, -0.1) is 0 Å². The predicted molar refractivity (Wildman–Crippen MR) is 63.0 cm³/mol. The van der Waals surface area contributed by atoms with Gasteiger partial charge in [0.15, 0.2) is 5.78 Å². The number of hydrogen-bond donors (Lipinski definition) is 2. The van der Waals surface area contributed by atoms with Crippen molar-refractivity contribution in [3.63, 3.8) is 0 Å². The summed E-state index contributed by atoms with van der Waals surface area (Å²) in [6, 6.07) is 2.47. The molecule has 19 heavy (non-hydrogen) atoms. The van der Waals surface area contributed by atoms with Gasteiger partial charge in [0.2, 0.25) is 0 Å². The molecule has 2 N–H and O–H groups in total. The number of alkyl halides is 3. The van der Waals surface area contributed by atoms with E-state index in [1.807, 2.05) is 0 Å². The third kappa shape index (κ3) is 3.07. The highest BCUT2D eigenvalue weighted by atomic mass is 19.4. The molecule has 1 atom stereocenters. The molecule has 1 heterocycles. The van der Waals surface area contributed by atoms with E-state index < -0.39 is 17.5 Å². The van der Waals surface area contributed by atoms with E-state index in [-0.39, 0.29) is 17.3 Å². The lowest BCUT2D eigenvalue weighted by Crippen LogP contribution is -2.34. The molecule has 1 aromatic rings. The Morgan fingerprint density at radius 1 is 1.37 bits per heavy atom. The van der Waals surface area contributed by atoms with E-state index in [0.29, 0.717) is 19.0 Å². The van der Waals surface area contributed by atoms with Crippen LogP contribution in [0.15, 0.2) is 18.2 Å². The first kappa shape index (κ1) is 13.9. The van der Waals surface area contributed by atoms with Gasteiger partial charge in [-0.2, -0.15) is 13.2 Å². The van der Waals surface area contributed by atoms with Gasteiger partial charge in [0.05, 0.1) is 11.1 Å². The van der Waals surface area contributed by atoms with Crippen LogP contribution in [0.25, 0.3) is 0 Å². The zero-order valence-corrected chi connectivity index (χ0v) is 10.1. The van der Waals surface area contributed by atoms with Crippen molar-refractivity contribution in [1.82, 2.24) is 5.32 Å². The summed E-state index contributed by atoms with van der Waals surface area (Å²) in [6.07, 6.45) is -2.99. The highest BCUT2D eigenvalue weighted by Crippen LogP contribution is 2.33. The fourth-order valence-corrected chi connectivity index (χ4v) is 2.21. The lowest BCUT2D eigenvalue weighted by Gasteiger charge is -2.22. The molecule has 1 fully saturated rings. The minimum absolute atomic E-state index is 0.0401. The van der Waals surface area contributed by atoms with Crippen molar-refractivity contribution in [3.8, 4) is 5.75 Å². The molecule has 1 aliphatic rings. The van der Waals surface area contributed by atoms with Gasteiger partial charge in [-0.1, -0.05) is 0 Å². The number of carbonyl (C=O) groups is 1. The zero-order chi connectivity index (χ0) is 14.0. The second-order valence-corrected chi connectivity index (χ2v) is 4.64. The van der Waals surface area contributed by atoms with Gasteiger partial charge in [0.25, 0.3) is 0 Å². The van der Waals surface area contributed by atoms with E-state index in [4.69, 9.17) is 0 Å². The summed E-state index contributed by atoms with van der Waals surface area (Å²) in [6.45, 7) is 1.34. The summed E-state index contributed by atoms with van der Waals surface area (Å²) in [5.41, 5.74) is -0.995. The Hall–Kier alpha value is -1.56. The molecule has 1 aromatic carbocycles. The topological polar surface area (TPSA) is 49.3 Å². The van der Waals surface area contributed by atoms with Gasteiger partial charge in [0, 0.05) is 12.5 Å². The molecule has 104 valence electrons. The first-order valence-electron chi connectivity index (χ1n) is 6.04. The van der Waals surface area contributed by atoms with Crippen molar-refractivity contribution in [2.45, 2.75) is 19.0 Å². The molecule has 6 heteroatoms. The van der Waals surface area contributed by atoms with Gasteiger partial charge >= 0.3 is 6.18 Å². The molecule has 2 rings (SSSR count). The van der Waals surface area contributed by atoms with E-state index in [2.05, 4.69) is 5.32 Å². The van der Waals surface area contributed by atoms with Crippen LogP contribution in [0.2, 0.25) is 0 Å². The molecule has 1 saturated heterocycles. The highest BCUT2D eigenvalue weighted by Gasteiger charge is 2.32. The largest absolute Gasteiger partial charge is 0.507 e. The van der Waals surface area contributed by atoms with Crippen LogP contribution in [-0.2, 0) is 6.18 Å². The standard InChI is InChI=1S/C13H14F3NO2/c14-13(15,16)9-3-4-10(11(18)6-9)12(19)8-2-1-5-17-7-8/h3-4,6,8,17-18H,1-2,5,7H2. The van der Waals surface area contributed by atoms with Crippen molar-refractivity contribution in [1.29, 1.82) is 0 Å². The van der Waals surface area contributed by atoms with Gasteiger partial charge in [-0.05, 0) is 37.6 Å². The molecule has 0 saturated carbocycles. The number of phenolic OH excluding ortho intramolecular Hbond substituents is 1. The number of carbonyl (C=O) groups excluding carboxylic acids is 1. The minimum atomic E-state index is -4.52.